The maximum atomic E-state index is 12.6. The van der Waals surface area contributed by atoms with Gasteiger partial charge in [0.05, 0.1) is 24.6 Å². The normalized spacial score (nSPS) is 11.9. The van der Waals surface area contributed by atoms with Crippen LogP contribution in [-0.4, -0.2) is 43.8 Å². The summed E-state index contributed by atoms with van der Waals surface area (Å²) in [7, 11) is 0. The highest BCUT2D eigenvalue weighted by Crippen LogP contribution is 2.37. The Balaban J connectivity index is 2.28. The number of alkyl halides is 3. The molecule has 2 aromatic carbocycles. The molecule has 174 valence electrons. The molecule has 0 bridgehead atoms. The van der Waals surface area contributed by atoms with Crippen LogP contribution in [0, 0.1) is 0 Å². The van der Waals surface area contributed by atoms with E-state index in [-0.39, 0.29) is 12.5 Å². The third-order valence-corrected chi connectivity index (χ3v) is 4.19. The van der Waals surface area contributed by atoms with E-state index < -0.39 is 24.7 Å². The van der Waals surface area contributed by atoms with E-state index in [4.69, 9.17) is 9.47 Å². The molecular formula is C22H26F3N3O4. The fourth-order valence-electron chi connectivity index (χ4n) is 2.74. The van der Waals surface area contributed by atoms with Gasteiger partial charge in [-0.3, -0.25) is 9.59 Å². The number of hydrogen-bond donors (Lipinski definition) is 3. The Hall–Kier alpha value is -3.43. The SMILES string of the molecule is CCOc1cc(N[C@H](C)C(=O)NCC(F)(F)F)c(OCC)cc1NC(=O)c1ccccc1. The van der Waals surface area contributed by atoms with Crippen LogP contribution >= 0.6 is 0 Å². The molecule has 0 fully saturated rings. The summed E-state index contributed by atoms with van der Waals surface area (Å²) in [6, 6.07) is 10.7. The number of ether oxygens (including phenoxy) is 2. The average molecular weight is 453 g/mol. The fraction of sp³-hybridized carbons (Fsp3) is 0.364. The first-order valence-corrected chi connectivity index (χ1v) is 10.1. The average Bonchev–Trinajstić information content (AvgIpc) is 2.75. The smallest absolute Gasteiger partial charge is 0.405 e. The van der Waals surface area contributed by atoms with Crippen molar-refractivity contribution in [2.24, 2.45) is 0 Å². The Morgan fingerprint density at radius 3 is 2.09 bits per heavy atom. The molecule has 1 atom stereocenters. The summed E-state index contributed by atoms with van der Waals surface area (Å²) in [4.78, 5) is 24.6. The van der Waals surface area contributed by atoms with Crippen molar-refractivity contribution in [3.05, 3.63) is 48.0 Å². The molecule has 32 heavy (non-hydrogen) atoms. The van der Waals surface area contributed by atoms with Crippen LogP contribution in [0.5, 0.6) is 11.5 Å². The van der Waals surface area contributed by atoms with Crippen molar-refractivity contribution in [2.45, 2.75) is 33.0 Å². The zero-order valence-electron chi connectivity index (χ0n) is 18.0. The van der Waals surface area contributed by atoms with E-state index in [1.54, 1.807) is 44.2 Å². The monoisotopic (exact) mass is 453 g/mol. The van der Waals surface area contributed by atoms with Crippen molar-refractivity contribution < 1.29 is 32.2 Å². The van der Waals surface area contributed by atoms with Gasteiger partial charge in [0.1, 0.15) is 24.1 Å². The highest BCUT2D eigenvalue weighted by molar-refractivity contribution is 6.05. The number of carbonyl (C=O) groups excluding carboxylic acids is 2. The first-order valence-electron chi connectivity index (χ1n) is 10.1. The topological polar surface area (TPSA) is 88.7 Å². The fourth-order valence-corrected chi connectivity index (χ4v) is 2.74. The maximum Gasteiger partial charge on any atom is 0.405 e. The summed E-state index contributed by atoms with van der Waals surface area (Å²) < 4.78 is 48.4. The molecule has 0 unspecified atom stereocenters. The summed E-state index contributed by atoms with van der Waals surface area (Å²) in [5.41, 5.74) is 1.14. The standard InChI is InChI=1S/C22H26F3N3O4/c1-4-31-18-12-17(28-21(30)15-9-7-6-8-10-15)19(32-5-2)11-16(18)27-14(3)20(29)26-13-22(23,24)25/h6-12,14,27H,4-5,13H2,1-3H3,(H,26,29)(H,28,30)/t14-/m1/s1. The van der Waals surface area contributed by atoms with Crippen molar-refractivity contribution >= 4 is 23.2 Å². The van der Waals surface area contributed by atoms with Gasteiger partial charge in [-0.2, -0.15) is 13.2 Å². The maximum absolute atomic E-state index is 12.6. The van der Waals surface area contributed by atoms with Gasteiger partial charge in [-0.15, -0.1) is 0 Å². The van der Waals surface area contributed by atoms with Gasteiger partial charge in [-0.05, 0) is 32.9 Å². The third kappa shape index (κ3) is 7.36. The van der Waals surface area contributed by atoms with E-state index in [0.29, 0.717) is 35.0 Å². The second-order valence-corrected chi connectivity index (χ2v) is 6.73. The lowest BCUT2D eigenvalue weighted by Crippen LogP contribution is -2.42. The lowest BCUT2D eigenvalue weighted by atomic mass is 10.1. The van der Waals surface area contributed by atoms with Gasteiger partial charge >= 0.3 is 6.18 Å². The Morgan fingerprint density at radius 1 is 0.969 bits per heavy atom. The number of anilines is 2. The lowest BCUT2D eigenvalue weighted by Gasteiger charge is -2.21. The van der Waals surface area contributed by atoms with Gasteiger partial charge in [0.2, 0.25) is 5.91 Å². The molecule has 0 radical (unpaired) electrons. The molecule has 0 aromatic heterocycles. The molecular weight excluding hydrogens is 427 g/mol. The van der Waals surface area contributed by atoms with Crippen LogP contribution < -0.4 is 25.4 Å². The van der Waals surface area contributed by atoms with Gasteiger partial charge in [-0.25, -0.2) is 0 Å². The molecule has 0 saturated heterocycles. The number of hydrogen-bond acceptors (Lipinski definition) is 5. The molecule has 0 saturated carbocycles. The second-order valence-electron chi connectivity index (χ2n) is 6.73. The third-order valence-electron chi connectivity index (χ3n) is 4.19. The van der Waals surface area contributed by atoms with Crippen molar-refractivity contribution in [2.75, 3.05) is 30.4 Å². The first kappa shape index (κ1) is 24.8. The molecule has 0 spiro atoms. The Labute approximate surface area is 184 Å². The van der Waals surface area contributed by atoms with E-state index >= 15 is 0 Å². The number of halogens is 3. The van der Waals surface area contributed by atoms with Crippen LogP contribution in [0.15, 0.2) is 42.5 Å². The van der Waals surface area contributed by atoms with E-state index in [0.717, 1.165) is 0 Å². The van der Waals surface area contributed by atoms with E-state index in [1.807, 2.05) is 5.32 Å². The van der Waals surface area contributed by atoms with Gasteiger partial charge in [0.25, 0.3) is 5.91 Å². The molecule has 3 N–H and O–H groups in total. The predicted molar refractivity (Wildman–Crippen MR) is 115 cm³/mol. The van der Waals surface area contributed by atoms with Gasteiger partial charge in [0.15, 0.2) is 0 Å². The van der Waals surface area contributed by atoms with Crippen LogP contribution in [0.2, 0.25) is 0 Å². The number of benzene rings is 2. The summed E-state index contributed by atoms with van der Waals surface area (Å²) in [6.07, 6.45) is -4.51. The number of carbonyl (C=O) groups is 2. The Morgan fingerprint density at radius 2 is 1.53 bits per heavy atom. The van der Waals surface area contributed by atoms with E-state index in [1.165, 1.54) is 19.1 Å². The van der Waals surface area contributed by atoms with Gasteiger partial charge in [-0.1, -0.05) is 18.2 Å². The zero-order valence-corrected chi connectivity index (χ0v) is 18.0. The van der Waals surface area contributed by atoms with Crippen LogP contribution in [0.4, 0.5) is 24.5 Å². The summed E-state index contributed by atoms with van der Waals surface area (Å²) >= 11 is 0. The molecule has 10 heteroatoms. The second kappa shape index (κ2) is 11.3. The molecule has 7 nitrogen and oxygen atoms in total. The zero-order chi connectivity index (χ0) is 23.7. The summed E-state index contributed by atoms with van der Waals surface area (Å²) in [6.45, 7) is 4.09. The summed E-state index contributed by atoms with van der Waals surface area (Å²) in [5, 5.41) is 7.45. The Kier molecular flexibility index (Phi) is 8.74. The molecule has 0 aliphatic heterocycles. The van der Waals surface area contributed by atoms with Crippen molar-refractivity contribution in [3.63, 3.8) is 0 Å². The van der Waals surface area contributed by atoms with Crippen LogP contribution in [0.3, 0.4) is 0 Å². The number of nitrogens with one attached hydrogen (secondary N) is 3. The highest BCUT2D eigenvalue weighted by Gasteiger charge is 2.29. The largest absolute Gasteiger partial charge is 0.492 e. The number of rotatable bonds is 10. The highest BCUT2D eigenvalue weighted by atomic mass is 19.4. The van der Waals surface area contributed by atoms with Crippen LogP contribution in [0.25, 0.3) is 0 Å². The minimum absolute atomic E-state index is 0.281. The molecule has 2 rings (SSSR count). The summed E-state index contributed by atoms with van der Waals surface area (Å²) in [5.74, 6) is -0.570. The quantitative estimate of drug-likeness (QED) is 0.502. The van der Waals surface area contributed by atoms with E-state index in [9.17, 15) is 22.8 Å². The van der Waals surface area contributed by atoms with Crippen molar-refractivity contribution in [1.82, 2.24) is 5.32 Å². The van der Waals surface area contributed by atoms with Gasteiger partial charge < -0.3 is 25.4 Å². The molecule has 2 aromatic rings. The number of amides is 2. The lowest BCUT2D eigenvalue weighted by molar-refractivity contribution is -0.138. The first-order chi connectivity index (χ1) is 15.1. The van der Waals surface area contributed by atoms with Gasteiger partial charge in [0, 0.05) is 17.7 Å². The van der Waals surface area contributed by atoms with Crippen LogP contribution in [-0.2, 0) is 4.79 Å². The minimum Gasteiger partial charge on any atom is -0.492 e. The molecule has 2 amide bonds. The molecule has 0 heterocycles. The van der Waals surface area contributed by atoms with Crippen molar-refractivity contribution in [3.8, 4) is 11.5 Å². The van der Waals surface area contributed by atoms with Crippen LogP contribution in [0.1, 0.15) is 31.1 Å². The molecule has 0 aliphatic rings. The van der Waals surface area contributed by atoms with Crippen molar-refractivity contribution in [1.29, 1.82) is 0 Å². The predicted octanol–water partition coefficient (Wildman–Crippen LogP) is 4.22. The molecule has 0 aliphatic carbocycles. The minimum atomic E-state index is -4.51. The Bertz CT molecular complexity index is 921. The van der Waals surface area contributed by atoms with E-state index in [2.05, 4.69) is 10.6 Å².